The van der Waals surface area contributed by atoms with Gasteiger partial charge in [0.1, 0.15) is 0 Å². The van der Waals surface area contributed by atoms with Gasteiger partial charge in [-0.1, -0.05) is 19.4 Å². The predicted molar refractivity (Wildman–Crippen MR) is 65.2 cm³/mol. The van der Waals surface area contributed by atoms with Crippen molar-refractivity contribution in [2.45, 2.75) is 39.5 Å². The van der Waals surface area contributed by atoms with Gasteiger partial charge in [-0.3, -0.25) is 0 Å². The van der Waals surface area contributed by atoms with Crippen LogP contribution < -0.4 is 5.32 Å². The van der Waals surface area contributed by atoms with Gasteiger partial charge < -0.3 is 10.1 Å². The monoisotopic (exact) mass is 225 g/mol. The summed E-state index contributed by atoms with van der Waals surface area (Å²) in [5.74, 6) is -0.239. The fraction of sp³-hybridized carbons (Fsp3) is 0.769. The van der Waals surface area contributed by atoms with Crippen LogP contribution in [-0.2, 0) is 9.53 Å². The molecule has 0 amide bonds. The Balaban J connectivity index is 2.19. The molecule has 3 nitrogen and oxygen atoms in total. The number of nitrogens with one attached hydrogen (secondary N) is 1. The molecule has 1 aliphatic carbocycles. The Morgan fingerprint density at radius 2 is 2.19 bits per heavy atom. The van der Waals surface area contributed by atoms with E-state index in [9.17, 15) is 4.79 Å². The first-order valence-corrected chi connectivity index (χ1v) is 6.09. The van der Waals surface area contributed by atoms with Crippen LogP contribution in [0, 0.1) is 5.41 Å². The smallest absolute Gasteiger partial charge is 0.333 e. The average Bonchev–Trinajstić information content (AvgIpc) is 3.04. The Morgan fingerprint density at radius 3 is 2.69 bits per heavy atom. The SMILES string of the molecule is CCCC1(CNC/C=C(/C)C(=O)OC)CC1. The van der Waals surface area contributed by atoms with E-state index in [1.807, 2.05) is 6.08 Å². The molecule has 1 saturated carbocycles. The number of hydrogen-bond donors (Lipinski definition) is 1. The van der Waals surface area contributed by atoms with Crippen molar-refractivity contribution >= 4 is 5.97 Å². The molecule has 0 aromatic rings. The second kappa shape index (κ2) is 6.04. The summed E-state index contributed by atoms with van der Waals surface area (Å²) in [5.41, 5.74) is 1.25. The molecule has 0 heterocycles. The third-order valence-electron chi connectivity index (χ3n) is 3.30. The molecule has 92 valence electrons. The van der Waals surface area contributed by atoms with E-state index >= 15 is 0 Å². The molecule has 0 bridgehead atoms. The third kappa shape index (κ3) is 3.97. The Labute approximate surface area is 98.2 Å². The van der Waals surface area contributed by atoms with Crippen molar-refractivity contribution in [3.05, 3.63) is 11.6 Å². The molecule has 1 N–H and O–H groups in total. The maximum atomic E-state index is 11.1. The van der Waals surface area contributed by atoms with Crippen LogP contribution in [0.1, 0.15) is 39.5 Å². The maximum Gasteiger partial charge on any atom is 0.333 e. The van der Waals surface area contributed by atoms with Crippen LogP contribution in [0.2, 0.25) is 0 Å². The normalized spacial score (nSPS) is 18.3. The van der Waals surface area contributed by atoms with E-state index in [0.717, 1.165) is 13.1 Å². The van der Waals surface area contributed by atoms with Crippen LogP contribution in [-0.4, -0.2) is 26.2 Å². The first-order chi connectivity index (χ1) is 7.63. The number of hydrogen-bond acceptors (Lipinski definition) is 3. The number of ether oxygens (including phenoxy) is 1. The fourth-order valence-corrected chi connectivity index (χ4v) is 2.03. The number of methoxy groups -OCH3 is 1. The number of carbonyl (C=O) groups is 1. The second-order valence-electron chi connectivity index (χ2n) is 4.76. The highest BCUT2D eigenvalue weighted by Crippen LogP contribution is 2.48. The lowest BCUT2D eigenvalue weighted by Gasteiger charge is -2.13. The maximum absolute atomic E-state index is 11.1. The highest BCUT2D eigenvalue weighted by molar-refractivity contribution is 5.87. The van der Waals surface area contributed by atoms with Crippen molar-refractivity contribution in [1.29, 1.82) is 0 Å². The van der Waals surface area contributed by atoms with Crippen LogP contribution in [0.25, 0.3) is 0 Å². The number of rotatable bonds is 7. The zero-order chi connectivity index (χ0) is 12.0. The molecule has 1 aliphatic rings. The Morgan fingerprint density at radius 1 is 1.50 bits per heavy atom. The summed E-state index contributed by atoms with van der Waals surface area (Å²) in [6.45, 7) is 5.85. The fourth-order valence-electron chi connectivity index (χ4n) is 2.03. The lowest BCUT2D eigenvalue weighted by molar-refractivity contribution is -0.136. The first-order valence-electron chi connectivity index (χ1n) is 6.09. The molecule has 16 heavy (non-hydrogen) atoms. The van der Waals surface area contributed by atoms with E-state index in [1.165, 1.54) is 32.8 Å². The van der Waals surface area contributed by atoms with Gasteiger partial charge in [0.25, 0.3) is 0 Å². The summed E-state index contributed by atoms with van der Waals surface area (Å²) in [6.07, 6.45) is 7.19. The summed E-state index contributed by atoms with van der Waals surface area (Å²) >= 11 is 0. The Bertz CT molecular complexity index is 267. The van der Waals surface area contributed by atoms with Crippen molar-refractivity contribution in [1.82, 2.24) is 5.32 Å². The molecule has 0 aliphatic heterocycles. The van der Waals surface area contributed by atoms with Crippen LogP contribution >= 0.6 is 0 Å². The van der Waals surface area contributed by atoms with Crippen molar-refractivity contribution < 1.29 is 9.53 Å². The van der Waals surface area contributed by atoms with Crippen molar-refractivity contribution in [3.8, 4) is 0 Å². The van der Waals surface area contributed by atoms with Crippen LogP contribution in [0.5, 0.6) is 0 Å². The Kier molecular flexibility index (Phi) is 5.00. The summed E-state index contributed by atoms with van der Waals surface area (Å²) in [4.78, 5) is 11.1. The molecule has 0 aromatic carbocycles. The molecule has 0 atom stereocenters. The third-order valence-corrected chi connectivity index (χ3v) is 3.30. The quantitative estimate of drug-likeness (QED) is 0.410. The average molecular weight is 225 g/mol. The van der Waals surface area contributed by atoms with Gasteiger partial charge in [-0.05, 0) is 31.6 Å². The summed E-state index contributed by atoms with van der Waals surface area (Å²) in [6, 6.07) is 0. The summed E-state index contributed by atoms with van der Waals surface area (Å²) in [5, 5.41) is 3.40. The topological polar surface area (TPSA) is 38.3 Å². The van der Waals surface area contributed by atoms with Crippen molar-refractivity contribution in [2.24, 2.45) is 5.41 Å². The first kappa shape index (κ1) is 13.2. The van der Waals surface area contributed by atoms with Gasteiger partial charge in [-0.15, -0.1) is 0 Å². The van der Waals surface area contributed by atoms with Gasteiger partial charge >= 0.3 is 5.97 Å². The molecule has 1 rings (SSSR count). The zero-order valence-corrected chi connectivity index (χ0v) is 10.6. The standard InChI is InChI=1S/C13H23NO2/c1-4-6-13(7-8-13)10-14-9-5-11(2)12(15)16-3/h5,14H,4,6-10H2,1-3H3/b11-5-. The molecule has 0 unspecified atom stereocenters. The van der Waals surface area contributed by atoms with Gasteiger partial charge in [-0.25, -0.2) is 4.79 Å². The second-order valence-corrected chi connectivity index (χ2v) is 4.76. The van der Waals surface area contributed by atoms with Gasteiger partial charge in [0.05, 0.1) is 7.11 Å². The molecule has 0 spiro atoms. The van der Waals surface area contributed by atoms with Crippen LogP contribution in [0.4, 0.5) is 0 Å². The zero-order valence-electron chi connectivity index (χ0n) is 10.6. The van der Waals surface area contributed by atoms with Crippen molar-refractivity contribution in [2.75, 3.05) is 20.2 Å². The lowest BCUT2D eigenvalue weighted by Crippen LogP contribution is -2.24. The molecule has 3 heteroatoms. The predicted octanol–water partition coefficient (Wildman–Crippen LogP) is 2.28. The molecule has 0 radical (unpaired) electrons. The van der Waals surface area contributed by atoms with E-state index in [1.54, 1.807) is 6.92 Å². The number of carbonyl (C=O) groups excluding carboxylic acids is 1. The summed E-state index contributed by atoms with van der Waals surface area (Å²) in [7, 11) is 1.41. The molecular weight excluding hydrogens is 202 g/mol. The van der Waals surface area contributed by atoms with E-state index in [-0.39, 0.29) is 5.97 Å². The van der Waals surface area contributed by atoms with Gasteiger partial charge in [0.15, 0.2) is 0 Å². The number of esters is 1. The Hall–Kier alpha value is -0.830. The van der Waals surface area contributed by atoms with Crippen molar-refractivity contribution in [3.63, 3.8) is 0 Å². The lowest BCUT2D eigenvalue weighted by atomic mass is 10.0. The minimum atomic E-state index is -0.239. The molecule has 0 aromatic heterocycles. The van der Waals surface area contributed by atoms with E-state index in [2.05, 4.69) is 17.0 Å². The highest BCUT2D eigenvalue weighted by Gasteiger charge is 2.40. The minimum absolute atomic E-state index is 0.239. The van der Waals surface area contributed by atoms with E-state index in [4.69, 9.17) is 0 Å². The summed E-state index contributed by atoms with van der Waals surface area (Å²) < 4.78 is 4.63. The minimum Gasteiger partial charge on any atom is -0.466 e. The molecule has 0 saturated heterocycles. The molecular formula is C13H23NO2. The van der Waals surface area contributed by atoms with E-state index < -0.39 is 0 Å². The van der Waals surface area contributed by atoms with Crippen LogP contribution in [0.3, 0.4) is 0 Å². The van der Waals surface area contributed by atoms with E-state index in [0.29, 0.717) is 11.0 Å². The molecule has 1 fully saturated rings. The largest absolute Gasteiger partial charge is 0.466 e. The van der Waals surface area contributed by atoms with Crippen LogP contribution in [0.15, 0.2) is 11.6 Å². The van der Waals surface area contributed by atoms with Gasteiger partial charge in [0, 0.05) is 18.7 Å². The van der Waals surface area contributed by atoms with Gasteiger partial charge in [-0.2, -0.15) is 0 Å². The highest BCUT2D eigenvalue weighted by atomic mass is 16.5. The van der Waals surface area contributed by atoms with Gasteiger partial charge in [0.2, 0.25) is 0 Å².